The Hall–Kier alpha value is -3.67. The van der Waals surface area contributed by atoms with Gasteiger partial charge < -0.3 is 10.1 Å². The van der Waals surface area contributed by atoms with Crippen LogP contribution in [0.25, 0.3) is 10.8 Å². The van der Waals surface area contributed by atoms with Crippen LogP contribution >= 0.6 is 0 Å². The molecule has 2 N–H and O–H groups in total. The molecule has 154 valence electrons. The number of nitrogens with zero attached hydrogens (tertiary/aromatic N) is 1. The Labute approximate surface area is 175 Å². The van der Waals surface area contributed by atoms with E-state index < -0.39 is 0 Å². The number of rotatable bonds is 8. The van der Waals surface area contributed by atoms with E-state index in [1.165, 1.54) is 6.92 Å². The molecule has 0 radical (unpaired) electrons. The number of hydrazone groups is 1. The Morgan fingerprint density at radius 1 is 1.03 bits per heavy atom. The average Bonchev–Trinajstić information content (AvgIpc) is 2.75. The maximum absolute atomic E-state index is 12.4. The van der Waals surface area contributed by atoms with Crippen molar-refractivity contribution in [3.05, 3.63) is 71.8 Å². The van der Waals surface area contributed by atoms with Gasteiger partial charge >= 0.3 is 0 Å². The first-order valence-corrected chi connectivity index (χ1v) is 9.94. The highest BCUT2D eigenvalue weighted by Gasteiger charge is 2.08. The zero-order valence-electron chi connectivity index (χ0n) is 17.1. The first kappa shape index (κ1) is 21.0. The first-order chi connectivity index (χ1) is 14.6. The quantitative estimate of drug-likeness (QED) is 0.324. The fraction of sp³-hybridized carbons (Fsp3) is 0.208. The smallest absolute Gasteiger partial charge is 0.271 e. The number of ether oxygens (including phenoxy) is 1. The van der Waals surface area contributed by atoms with Gasteiger partial charge in [0.15, 0.2) is 0 Å². The second-order valence-corrected chi connectivity index (χ2v) is 6.86. The van der Waals surface area contributed by atoms with Gasteiger partial charge in [-0.1, -0.05) is 43.7 Å². The second-order valence-electron chi connectivity index (χ2n) is 6.86. The van der Waals surface area contributed by atoms with E-state index in [4.69, 9.17) is 4.74 Å². The molecule has 0 heterocycles. The highest BCUT2D eigenvalue weighted by atomic mass is 16.5. The monoisotopic (exact) mass is 403 g/mol. The predicted molar refractivity (Wildman–Crippen MR) is 120 cm³/mol. The third-order valence-corrected chi connectivity index (χ3v) is 4.51. The van der Waals surface area contributed by atoms with Crippen LogP contribution in [-0.2, 0) is 4.79 Å². The summed E-state index contributed by atoms with van der Waals surface area (Å²) in [6.45, 7) is 4.18. The molecule has 0 spiro atoms. The number of nitrogens with one attached hydrogen (secondary N) is 2. The molecule has 0 aliphatic heterocycles. The molecule has 6 nitrogen and oxygen atoms in total. The molecule has 0 aliphatic carbocycles. The summed E-state index contributed by atoms with van der Waals surface area (Å²) in [5, 5.41) is 8.89. The van der Waals surface area contributed by atoms with Gasteiger partial charge in [-0.2, -0.15) is 5.10 Å². The van der Waals surface area contributed by atoms with Crippen molar-refractivity contribution in [1.29, 1.82) is 0 Å². The van der Waals surface area contributed by atoms with Gasteiger partial charge in [0.2, 0.25) is 5.91 Å². The summed E-state index contributed by atoms with van der Waals surface area (Å²) in [6, 6.07) is 18.5. The largest absolute Gasteiger partial charge is 0.493 e. The summed E-state index contributed by atoms with van der Waals surface area (Å²) in [4.78, 5) is 23.5. The molecule has 0 bridgehead atoms. The van der Waals surface area contributed by atoms with E-state index in [1.807, 2.05) is 36.4 Å². The van der Waals surface area contributed by atoms with Gasteiger partial charge in [-0.05, 0) is 47.5 Å². The van der Waals surface area contributed by atoms with E-state index in [-0.39, 0.29) is 11.8 Å². The van der Waals surface area contributed by atoms with E-state index in [1.54, 1.807) is 30.5 Å². The van der Waals surface area contributed by atoms with Crippen molar-refractivity contribution in [3.63, 3.8) is 0 Å². The molecule has 30 heavy (non-hydrogen) atoms. The number of fused-ring (bicyclic) bond motifs is 1. The third kappa shape index (κ3) is 5.44. The maximum Gasteiger partial charge on any atom is 0.271 e. The summed E-state index contributed by atoms with van der Waals surface area (Å²) in [6.07, 6.45) is 3.63. The van der Waals surface area contributed by atoms with Gasteiger partial charge in [-0.15, -0.1) is 0 Å². The highest BCUT2D eigenvalue weighted by molar-refractivity contribution is 6.03. The van der Waals surface area contributed by atoms with Crippen LogP contribution in [-0.4, -0.2) is 24.6 Å². The molecule has 0 atom stereocenters. The molecular formula is C24H25N3O3. The van der Waals surface area contributed by atoms with Crippen molar-refractivity contribution < 1.29 is 14.3 Å². The summed E-state index contributed by atoms with van der Waals surface area (Å²) >= 11 is 0. The van der Waals surface area contributed by atoms with Gasteiger partial charge in [0.25, 0.3) is 5.91 Å². The van der Waals surface area contributed by atoms with Crippen LogP contribution in [0.15, 0.2) is 65.8 Å². The van der Waals surface area contributed by atoms with Crippen LogP contribution in [0.3, 0.4) is 0 Å². The minimum absolute atomic E-state index is 0.163. The van der Waals surface area contributed by atoms with Crippen molar-refractivity contribution in [3.8, 4) is 5.75 Å². The number of hydrogen-bond acceptors (Lipinski definition) is 4. The Morgan fingerprint density at radius 3 is 2.53 bits per heavy atom. The number of anilines is 1. The van der Waals surface area contributed by atoms with Crippen LogP contribution in [0.2, 0.25) is 0 Å². The Bertz CT molecular complexity index is 1060. The van der Waals surface area contributed by atoms with E-state index in [2.05, 4.69) is 22.8 Å². The fourth-order valence-electron chi connectivity index (χ4n) is 2.99. The summed E-state index contributed by atoms with van der Waals surface area (Å²) in [5.74, 6) is 0.234. The van der Waals surface area contributed by atoms with Crippen LogP contribution in [0, 0.1) is 0 Å². The molecule has 3 aromatic rings. The zero-order chi connectivity index (χ0) is 21.3. The predicted octanol–water partition coefficient (Wildman–Crippen LogP) is 4.74. The number of benzene rings is 3. The van der Waals surface area contributed by atoms with Crippen LogP contribution < -0.4 is 15.5 Å². The topological polar surface area (TPSA) is 79.8 Å². The third-order valence-electron chi connectivity index (χ3n) is 4.51. The SMILES string of the molecule is CCCCOc1ccc2ccccc2c1C=NNC(=O)c1ccc(NC(C)=O)cc1. The molecule has 0 aliphatic rings. The van der Waals surface area contributed by atoms with E-state index in [9.17, 15) is 9.59 Å². The number of carbonyl (C=O) groups is 2. The molecule has 3 aromatic carbocycles. The molecular weight excluding hydrogens is 378 g/mol. The van der Waals surface area contributed by atoms with E-state index in [0.717, 1.165) is 34.9 Å². The lowest BCUT2D eigenvalue weighted by molar-refractivity contribution is -0.114. The first-order valence-electron chi connectivity index (χ1n) is 9.94. The van der Waals surface area contributed by atoms with Crippen molar-refractivity contribution >= 4 is 34.5 Å². The molecule has 0 fully saturated rings. The van der Waals surface area contributed by atoms with Crippen LogP contribution in [0.1, 0.15) is 42.6 Å². The molecule has 3 rings (SSSR count). The van der Waals surface area contributed by atoms with Crippen molar-refractivity contribution in [1.82, 2.24) is 5.43 Å². The molecule has 6 heteroatoms. The Morgan fingerprint density at radius 2 is 1.80 bits per heavy atom. The van der Waals surface area contributed by atoms with Crippen molar-refractivity contribution in [2.75, 3.05) is 11.9 Å². The van der Waals surface area contributed by atoms with Gasteiger partial charge in [0, 0.05) is 23.7 Å². The Kier molecular flexibility index (Phi) is 7.16. The zero-order valence-corrected chi connectivity index (χ0v) is 17.1. The normalized spacial score (nSPS) is 10.9. The van der Waals surface area contributed by atoms with Crippen LogP contribution in [0.5, 0.6) is 5.75 Å². The lowest BCUT2D eigenvalue weighted by Crippen LogP contribution is -2.17. The minimum Gasteiger partial charge on any atom is -0.493 e. The number of unbranched alkanes of at least 4 members (excludes halogenated alkanes) is 1. The lowest BCUT2D eigenvalue weighted by atomic mass is 10.0. The van der Waals surface area contributed by atoms with E-state index in [0.29, 0.717) is 17.9 Å². The number of hydrogen-bond donors (Lipinski definition) is 2. The average molecular weight is 403 g/mol. The number of amides is 2. The highest BCUT2D eigenvalue weighted by Crippen LogP contribution is 2.27. The molecule has 2 amide bonds. The van der Waals surface area contributed by atoms with Crippen molar-refractivity contribution in [2.24, 2.45) is 5.10 Å². The molecule has 0 aromatic heterocycles. The summed E-state index contributed by atoms with van der Waals surface area (Å²) in [7, 11) is 0. The van der Waals surface area contributed by atoms with Gasteiger partial charge in [-0.25, -0.2) is 5.43 Å². The molecule has 0 saturated heterocycles. The van der Waals surface area contributed by atoms with Crippen molar-refractivity contribution in [2.45, 2.75) is 26.7 Å². The summed E-state index contributed by atoms with van der Waals surface area (Å²) in [5.41, 5.74) is 4.45. The molecule has 0 saturated carbocycles. The van der Waals surface area contributed by atoms with E-state index >= 15 is 0 Å². The second kappa shape index (κ2) is 10.2. The maximum atomic E-state index is 12.4. The lowest BCUT2D eigenvalue weighted by Gasteiger charge is -2.11. The molecule has 0 unspecified atom stereocenters. The van der Waals surface area contributed by atoms with Crippen LogP contribution in [0.4, 0.5) is 5.69 Å². The number of carbonyl (C=O) groups excluding carboxylic acids is 2. The van der Waals surface area contributed by atoms with Gasteiger partial charge in [0.05, 0.1) is 12.8 Å². The van der Waals surface area contributed by atoms with Gasteiger partial charge in [0.1, 0.15) is 5.75 Å². The minimum atomic E-state index is -0.339. The summed E-state index contributed by atoms with van der Waals surface area (Å²) < 4.78 is 5.93. The Balaban J connectivity index is 1.76. The standard InChI is InChI=1S/C24H25N3O3/c1-3-4-15-30-23-14-11-18-7-5-6-8-21(18)22(23)16-25-27-24(29)19-9-12-20(13-10-19)26-17(2)28/h5-14,16H,3-4,15H2,1-2H3,(H,26,28)(H,27,29). The fourth-order valence-corrected chi connectivity index (χ4v) is 2.99. The van der Waals surface area contributed by atoms with Gasteiger partial charge in [-0.3, -0.25) is 9.59 Å².